The average molecular weight is 355 g/mol. The van der Waals surface area contributed by atoms with Gasteiger partial charge in [-0.1, -0.05) is 11.6 Å². The van der Waals surface area contributed by atoms with Gasteiger partial charge in [0.15, 0.2) is 0 Å². The van der Waals surface area contributed by atoms with Crippen LogP contribution < -0.4 is 10.2 Å². The molecular formula is C16H19ClN2O3S. The van der Waals surface area contributed by atoms with Crippen molar-refractivity contribution in [3.63, 3.8) is 0 Å². The minimum absolute atomic E-state index is 0.224. The molecule has 2 fully saturated rings. The van der Waals surface area contributed by atoms with Gasteiger partial charge in [-0.3, -0.25) is 9.59 Å². The fraction of sp³-hybridized carbons (Fsp3) is 0.500. The van der Waals surface area contributed by atoms with E-state index in [2.05, 4.69) is 10.2 Å². The lowest BCUT2D eigenvalue weighted by atomic mass is 9.73. The first-order chi connectivity index (χ1) is 11.1. The van der Waals surface area contributed by atoms with Gasteiger partial charge in [-0.2, -0.15) is 11.8 Å². The monoisotopic (exact) mass is 354 g/mol. The Bertz CT molecular complexity index is 619. The van der Waals surface area contributed by atoms with Crippen molar-refractivity contribution in [3.8, 4) is 0 Å². The van der Waals surface area contributed by atoms with Crippen molar-refractivity contribution >= 4 is 46.6 Å². The zero-order valence-electron chi connectivity index (χ0n) is 12.6. The van der Waals surface area contributed by atoms with Crippen LogP contribution in [0.4, 0.5) is 11.4 Å². The van der Waals surface area contributed by atoms with Crippen molar-refractivity contribution in [3.05, 3.63) is 23.2 Å². The fourth-order valence-corrected chi connectivity index (χ4v) is 4.10. The van der Waals surface area contributed by atoms with Crippen LogP contribution in [-0.2, 0) is 9.59 Å². The highest BCUT2D eigenvalue weighted by atomic mass is 35.5. The molecule has 5 nitrogen and oxygen atoms in total. The van der Waals surface area contributed by atoms with E-state index in [1.165, 1.54) is 0 Å². The third-order valence-corrected chi connectivity index (χ3v) is 5.67. The summed E-state index contributed by atoms with van der Waals surface area (Å²) in [7, 11) is 0. The Morgan fingerprint density at radius 2 is 1.91 bits per heavy atom. The Kier molecular flexibility index (Phi) is 5.02. The smallest absolute Gasteiger partial charge is 0.307 e. The number of nitrogens with one attached hydrogen (secondary N) is 1. The molecule has 1 saturated carbocycles. The number of carbonyl (C=O) groups is 2. The number of carboxylic acid groups (broad SMARTS) is 1. The molecule has 1 aromatic rings. The molecule has 0 spiro atoms. The van der Waals surface area contributed by atoms with Crippen LogP contribution in [0.5, 0.6) is 0 Å². The lowest BCUT2D eigenvalue weighted by Crippen LogP contribution is -2.41. The predicted octanol–water partition coefficient (Wildman–Crippen LogP) is 2.94. The van der Waals surface area contributed by atoms with E-state index >= 15 is 0 Å². The summed E-state index contributed by atoms with van der Waals surface area (Å²) in [5.74, 6) is -0.0194. The van der Waals surface area contributed by atoms with Crippen LogP contribution in [-0.4, -0.2) is 41.6 Å². The van der Waals surface area contributed by atoms with Gasteiger partial charge >= 0.3 is 5.97 Å². The summed E-state index contributed by atoms with van der Waals surface area (Å²) in [5, 5.41) is 12.6. The summed E-state index contributed by atoms with van der Waals surface area (Å²) >= 11 is 7.99. The van der Waals surface area contributed by atoms with Gasteiger partial charge in [-0.15, -0.1) is 0 Å². The second-order valence-corrected chi connectivity index (χ2v) is 7.54. The van der Waals surface area contributed by atoms with Crippen molar-refractivity contribution in [1.29, 1.82) is 0 Å². The normalized spacial score (nSPS) is 24.0. The van der Waals surface area contributed by atoms with E-state index in [-0.39, 0.29) is 5.91 Å². The number of thioether (sulfide) groups is 1. The average Bonchev–Trinajstić information content (AvgIpc) is 2.46. The molecule has 2 aliphatic rings. The molecule has 2 N–H and O–H groups in total. The molecule has 2 unspecified atom stereocenters. The lowest BCUT2D eigenvalue weighted by molar-refractivity contribution is -0.151. The van der Waals surface area contributed by atoms with Gasteiger partial charge in [0.05, 0.1) is 23.2 Å². The first-order valence-electron chi connectivity index (χ1n) is 7.72. The molecule has 1 heterocycles. The van der Waals surface area contributed by atoms with E-state index in [9.17, 15) is 9.59 Å². The Morgan fingerprint density at radius 3 is 2.52 bits per heavy atom. The summed E-state index contributed by atoms with van der Waals surface area (Å²) in [6.45, 7) is 1.85. The van der Waals surface area contributed by atoms with Gasteiger partial charge in [-0.25, -0.2) is 0 Å². The standard InChI is InChI=1S/C16H19ClN2O3S/c17-10-1-4-14(19-5-7-23-8-6-19)13(9-10)18-15(20)11-2-3-12(11)16(21)22/h1,4,9,11-12H,2-3,5-8H2,(H,18,20)(H,21,22). The number of rotatable bonds is 4. The zero-order valence-corrected chi connectivity index (χ0v) is 14.2. The highest BCUT2D eigenvalue weighted by Gasteiger charge is 2.41. The van der Waals surface area contributed by atoms with Crippen LogP contribution >= 0.6 is 23.4 Å². The van der Waals surface area contributed by atoms with Crippen LogP contribution in [0.25, 0.3) is 0 Å². The van der Waals surface area contributed by atoms with Gasteiger partial charge in [0.1, 0.15) is 0 Å². The van der Waals surface area contributed by atoms with Crippen molar-refractivity contribution in [2.24, 2.45) is 11.8 Å². The van der Waals surface area contributed by atoms with E-state index in [1.807, 2.05) is 23.9 Å². The van der Waals surface area contributed by atoms with E-state index in [0.717, 1.165) is 30.3 Å². The molecule has 7 heteroatoms. The molecule has 2 atom stereocenters. The first-order valence-corrected chi connectivity index (χ1v) is 9.25. The minimum Gasteiger partial charge on any atom is -0.481 e. The van der Waals surface area contributed by atoms with E-state index < -0.39 is 17.8 Å². The quantitative estimate of drug-likeness (QED) is 0.870. The minimum atomic E-state index is -0.893. The van der Waals surface area contributed by atoms with Crippen molar-refractivity contribution in [1.82, 2.24) is 0 Å². The van der Waals surface area contributed by atoms with Gasteiger partial charge in [-0.05, 0) is 31.0 Å². The van der Waals surface area contributed by atoms with Crippen LogP contribution in [0.15, 0.2) is 18.2 Å². The van der Waals surface area contributed by atoms with Gasteiger partial charge in [0.25, 0.3) is 0 Å². The number of benzene rings is 1. The van der Waals surface area contributed by atoms with Crippen LogP contribution in [0.1, 0.15) is 12.8 Å². The number of aliphatic carboxylic acids is 1. The number of anilines is 2. The Balaban J connectivity index is 1.77. The number of amides is 1. The molecule has 23 heavy (non-hydrogen) atoms. The summed E-state index contributed by atoms with van der Waals surface area (Å²) in [6, 6.07) is 5.48. The lowest BCUT2D eigenvalue weighted by Gasteiger charge is -2.33. The van der Waals surface area contributed by atoms with Gasteiger partial charge in [0, 0.05) is 29.6 Å². The van der Waals surface area contributed by atoms with Crippen molar-refractivity contribution in [2.75, 3.05) is 34.8 Å². The second kappa shape index (κ2) is 7.01. The number of halogens is 1. The maximum atomic E-state index is 12.4. The maximum absolute atomic E-state index is 12.4. The zero-order chi connectivity index (χ0) is 16.4. The Hall–Kier alpha value is -1.40. The molecule has 1 aliphatic carbocycles. The van der Waals surface area contributed by atoms with Crippen molar-refractivity contribution in [2.45, 2.75) is 12.8 Å². The number of carboxylic acids is 1. The molecule has 1 aromatic carbocycles. The highest BCUT2D eigenvalue weighted by molar-refractivity contribution is 7.99. The van der Waals surface area contributed by atoms with Gasteiger partial charge < -0.3 is 15.3 Å². The third-order valence-electron chi connectivity index (χ3n) is 4.50. The SMILES string of the molecule is O=C(O)C1CCC1C(=O)Nc1cc(Cl)ccc1N1CCSCC1. The Labute approximate surface area is 144 Å². The number of hydrogen-bond acceptors (Lipinski definition) is 4. The summed E-state index contributed by atoms with van der Waals surface area (Å²) in [6.07, 6.45) is 1.19. The summed E-state index contributed by atoms with van der Waals surface area (Å²) in [5.41, 5.74) is 1.62. The molecule has 3 rings (SSSR count). The van der Waals surface area contributed by atoms with E-state index in [1.54, 1.807) is 6.07 Å². The number of hydrogen-bond donors (Lipinski definition) is 2. The molecule has 1 saturated heterocycles. The molecule has 1 aliphatic heterocycles. The molecule has 0 bridgehead atoms. The van der Waals surface area contributed by atoms with Crippen molar-refractivity contribution < 1.29 is 14.7 Å². The summed E-state index contributed by atoms with van der Waals surface area (Å²) in [4.78, 5) is 25.8. The molecule has 124 valence electrons. The molecule has 0 aromatic heterocycles. The van der Waals surface area contributed by atoms with Crippen LogP contribution in [0.3, 0.4) is 0 Å². The second-order valence-electron chi connectivity index (χ2n) is 5.88. The predicted molar refractivity (Wildman–Crippen MR) is 93.5 cm³/mol. The van der Waals surface area contributed by atoms with E-state index in [0.29, 0.717) is 23.6 Å². The first kappa shape index (κ1) is 16.5. The number of nitrogens with zero attached hydrogens (tertiary/aromatic N) is 1. The third kappa shape index (κ3) is 3.58. The van der Waals surface area contributed by atoms with E-state index in [4.69, 9.17) is 16.7 Å². The maximum Gasteiger partial charge on any atom is 0.307 e. The number of carbonyl (C=O) groups excluding carboxylic acids is 1. The van der Waals surface area contributed by atoms with Crippen LogP contribution in [0.2, 0.25) is 5.02 Å². The molecule has 0 radical (unpaired) electrons. The molecular weight excluding hydrogens is 336 g/mol. The fourth-order valence-electron chi connectivity index (χ4n) is 3.02. The van der Waals surface area contributed by atoms with Crippen LogP contribution in [0, 0.1) is 11.8 Å². The summed E-state index contributed by atoms with van der Waals surface area (Å²) < 4.78 is 0. The highest BCUT2D eigenvalue weighted by Crippen LogP contribution is 2.37. The largest absolute Gasteiger partial charge is 0.481 e. The van der Waals surface area contributed by atoms with Gasteiger partial charge in [0.2, 0.25) is 5.91 Å². The molecule has 1 amide bonds. The Morgan fingerprint density at radius 1 is 1.22 bits per heavy atom. The topological polar surface area (TPSA) is 69.6 Å².